The maximum atomic E-state index is 12.2. The number of rotatable bonds is 1. The first-order valence-electron chi connectivity index (χ1n) is 6.15. The van der Waals surface area contributed by atoms with Crippen LogP contribution in [0.2, 0.25) is 0 Å². The van der Waals surface area contributed by atoms with Gasteiger partial charge in [0.1, 0.15) is 5.70 Å². The molecule has 2 aliphatic heterocycles. The highest BCUT2D eigenvalue weighted by molar-refractivity contribution is 8.13. The van der Waals surface area contributed by atoms with Crippen LogP contribution in [0.1, 0.15) is 18.4 Å². The largest absolute Gasteiger partial charge is 0.286 e. The van der Waals surface area contributed by atoms with Gasteiger partial charge in [0.05, 0.1) is 0 Å². The molecule has 3 nitrogen and oxygen atoms in total. The number of carbonyl (C=O) groups excluding carboxylic acids is 1. The predicted octanol–water partition coefficient (Wildman–Crippen LogP) is 2.75. The van der Waals surface area contributed by atoms with E-state index < -0.39 is 0 Å². The van der Waals surface area contributed by atoms with Crippen molar-refractivity contribution in [2.45, 2.75) is 12.8 Å². The van der Waals surface area contributed by atoms with E-state index in [4.69, 9.17) is 0 Å². The van der Waals surface area contributed by atoms with Crippen LogP contribution < -0.4 is 0 Å². The van der Waals surface area contributed by atoms with E-state index in [1.165, 1.54) is 0 Å². The van der Waals surface area contributed by atoms with Gasteiger partial charge in [0.2, 0.25) is 0 Å². The van der Waals surface area contributed by atoms with Crippen LogP contribution in [-0.2, 0) is 4.79 Å². The fourth-order valence-corrected chi connectivity index (χ4v) is 3.10. The van der Waals surface area contributed by atoms with Crippen LogP contribution in [-0.4, -0.2) is 28.3 Å². The Morgan fingerprint density at radius 1 is 1.22 bits per heavy atom. The molecule has 3 rings (SSSR count). The molecule has 0 N–H and O–H groups in total. The van der Waals surface area contributed by atoms with E-state index in [0.717, 1.165) is 35.9 Å². The predicted molar refractivity (Wildman–Crippen MR) is 75.3 cm³/mol. The molecule has 0 unspecified atom stereocenters. The number of benzene rings is 1. The molecule has 1 fully saturated rings. The molecule has 2 aliphatic rings. The summed E-state index contributed by atoms with van der Waals surface area (Å²) in [6, 6.07) is 9.86. The van der Waals surface area contributed by atoms with Gasteiger partial charge in [0, 0.05) is 12.3 Å². The number of fused-ring (bicyclic) bond motifs is 1. The lowest BCUT2D eigenvalue weighted by Crippen LogP contribution is -2.30. The number of carbonyl (C=O) groups is 1. The number of hydrogen-bond donors (Lipinski definition) is 0. The van der Waals surface area contributed by atoms with Crippen molar-refractivity contribution in [3.05, 3.63) is 41.6 Å². The maximum absolute atomic E-state index is 12.2. The van der Waals surface area contributed by atoms with Gasteiger partial charge in [0.25, 0.3) is 5.91 Å². The molecule has 4 heteroatoms. The first kappa shape index (κ1) is 11.5. The SMILES string of the molecule is O=C1/C(=C/c2ccccc2)N=C2SCCCCN12. The van der Waals surface area contributed by atoms with E-state index in [-0.39, 0.29) is 5.91 Å². The lowest BCUT2D eigenvalue weighted by atomic mass is 10.2. The first-order valence-corrected chi connectivity index (χ1v) is 7.13. The summed E-state index contributed by atoms with van der Waals surface area (Å²) in [7, 11) is 0. The monoisotopic (exact) mass is 258 g/mol. The van der Waals surface area contributed by atoms with Gasteiger partial charge in [-0.2, -0.15) is 0 Å². The second kappa shape index (κ2) is 4.98. The summed E-state index contributed by atoms with van der Waals surface area (Å²) >= 11 is 1.69. The van der Waals surface area contributed by atoms with Crippen LogP contribution in [0.3, 0.4) is 0 Å². The maximum Gasteiger partial charge on any atom is 0.278 e. The minimum Gasteiger partial charge on any atom is -0.286 e. The second-order valence-corrected chi connectivity index (χ2v) is 5.41. The molecular formula is C14H14N2OS. The molecule has 0 bridgehead atoms. The minimum atomic E-state index is 0.0447. The summed E-state index contributed by atoms with van der Waals surface area (Å²) in [6.45, 7) is 0.802. The highest BCUT2D eigenvalue weighted by Gasteiger charge is 2.31. The van der Waals surface area contributed by atoms with Gasteiger partial charge in [-0.15, -0.1) is 0 Å². The van der Waals surface area contributed by atoms with Crippen molar-refractivity contribution in [3.63, 3.8) is 0 Å². The molecular weight excluding hydrogens is 244 g/mol. The second-order valence-electron chi connectivity index (χ2n) is 4.35. The lowest BCUT2D eigenvalue weighted by Gasteiger charge is -2.13. The zero-order valence-corrected chi connectivity index (χ0v) is 10.8. The standard InChI is InChI=1S/C14H14N2OS/c17-13-12(10-11-6-2-1-3-7-11)15-14-16(13)8-4-5-9-18-14/h1-3,6-7,10H,4-5,8-9H2/b12-10-. The molecule has 0 spiro atoms. The van der Waals surface area contributed by atoms with E-state index in [1.807, 2.05) is 41.3 Å². The average molecular weight is 258 g/mol. The molecule has 0 aliphatic carbocycles. The van der Waals surface area contributed by atoms with Crippen molar-refractivity contribution in [2.24, 2.45) is 4.99 Å². The van der Waals surface area contributed by atoms with Gasteiger partial charge >= 0.3 is 0 Å². The third-order valence-electron chi connectivity index (χ3n) is 3.02. The Bertz CT molecular complexity index is 522. The van der Waals surface area contributed by atoms with Gasteiger partial charge in [-0.05, 0) is 24.5 Å². The molecule has 1 saturated heterocycles. The molecule has 92 valence electrons. The highest BCUT2D eigenvalue weighted by Crippen LogP contribution is 2.27. The molecule has 18 heavy (non-hydrogen) atoms. The Morgan fingerprint density at radius 3 is 2.89 bits per heavy atom. The summed E-state index contributed by atoms with van der Waals surface area (Å²) in [6.07, 6.45) is 4.09. The van der Waals surface area contributed by atoms with Crippen LogP contribution >= 0.6 is 11.8 Å². The van der Waals surface area contributed by atoms with Gasteiger partial charge in [0.15, 0.2) is 5.17 Å². The third kappa shape index (κ3) is 2.20. The van der Waals surface area contributed by atoms with Crippen LogP contribution in [0.4, 0.5) is 0 Å². The summed E-state index contributed by atoms with van der Waals surface area (Å²) in [4.78, 5) is 18.5. The van der Waals surface area contributed by atoms with Crippen molar-refractivity contribution in [1.82, 2.24) is 4.90 Å². The van der Waals surface area contributed by atoms with Crippen LogP contribution in [0.15, 0.2) is 41.0 Å². The van der Waals surface area contributed by atoms with E-state index >= 15 is 0 Å². The molecule has 1 aromatic rings. The minimum absolute atomic E-state index is 0.0447. The quantitative estimate of drug-likeness (QED) is 0.726. The fraction of sp³-hybridized carbons (Fsp3) is 0.286. The third-order valence-corrected chi connectivity index (χ3v) is 4.08. The molecule has 0 atom stereocenters. The number of amidine groups is 1. The molecule has 0 radical (unpaired) electrons. The Labute approximate surface area is 111 Å². The zero-order valence-electron chi connectivity index (χ0n) is 10.0. The smallest absolute Gasteiger partial charge is 0.278 e. The van der Waals surface area contributed by atoms with Crippen molar-refractivity contribution in [1.29, 1.82) is 0 Å². The molecule has 0 aromatic heterocycles. The Kier molecular flexibility index (Phi) is 3.19. The number of thioether (sulfide) groups is 1. The topological polar surface area (TPSA) is 32.7 Å². The van der Waals surface area contributed by atoms with E-state index in [9.17, 15) is 4.79 Å². The number of hydrogen-bond acceptors (Lipinski definition) is 3. The summed E-state index contributed by atoms with van der Waals surface area (Å²) in [5.41, 5.74) is 1.58. The zero-order chi connectivity index (χ0) is 12.4. The molecule has 2 heterocycles. The van der Waals surface area contributed by atoms with Gasteiger partial charge in [-0.1, -0.05) is 42.1 Å². The van der Waals surface area contributed by atoms with Crippen LogP contribution in [0.25, 0.3) is 6.08 Å². The van der Waals surface area contributed by atoms with Crippen molar-refractivity contribution < 1.29 is 4.79 Å². The van der Waals surface area contributed by atoms with Crippen LogP contribution in [0, 0.1) is 0 Å². The Hall–Kier alpha value is -1.55. The van der Waals surface area contributed by atoms with Crippen molar-refractivity contribution >= 4 is 28.9 Å². The lowest BCUT2D eigenvalue weighted by molar-refractivity contribution is -0.122. The number of amides is 1. The fourth-order valence-electron chi connectivity index (χ4n) is 2.08. The van der Waals surface area contributed by atoms with Gasteiger partial charge in [-0.3, -0.25) is 9.69 Å². The summed E-state index contributed by atoms with van der Waals surface area (Å²) < 4.78 is 0. The van der Waals surface area contributed by atoms with Crippen molar-refractivity contribution in [3.8, 4) is 0 Å². The van der Waals surface area contributed by atoms with E-state index in [1.54, 1.807) is 11.8 Å². The Balaban J connectivity index is 1.91. The Morgan fingerprint density at radius 2 is 2.06 bits per heavy atom. The summed E-state index contributed by atoms with van der Waals surface area (Å²) in [5, 5.41) is 0.875. The molecule has 0 saturated carbocycles. The average Bonchev–Trinajstić information content (AvgIpc) is 2.58. The molecule has 1 amide bonds. The highest BCUT2D eigenvalue weighted by atomic mass is 32.2. The molecule has 1 aromatic carbocycles. The van der Waals surface area contributed by atoms with E-state index in [0.29, 0.717) is 5.70 Å². The first-order chi connectivity index (χ1) is 8.84. The number of nitrogens with zero attached hydrogens (tertiary/aromatic N) is 2. The van der Waals surface area contributed by atoms with Gasteiger partial charge < -0.3 is 0 Å². The normalized spacial score (nSPS) is 21.8. The number of aliphatic imine (C=N–C) groups is 1. The van der Waals surface area contributed by atoms with E-state index in [2.05, 4.69) is 4.99 Å². The van der Waals surface area contributed by atoms with Crippen LogP contribution in [0.5, 0.6) is 0 Å². The van der Waals surface area contributed by atoms with Crippen molar-refractivity contribution in [2.75, 3.05) is 12.3 Å². The summed E-state index contributed by atoms with van der Waals surface area (Å²) in [5.74, 6) is 1.10. The van der Waals surface area contributed by atoms with Gasteiger partial charge in [-0.25, -0.2) is 4.99 Å².